The molecule has 2 rings (SSSR count). The van der Waals surface area contributed by atoms with E-state index >= 15 is 0 Å². The summed E-state index contributed by atoms with van der Waals surface area (Å²) in [6.45, 7) is 6.76. The molecule has 0 fully saturated rings. The van der Waals surface area contributed by atoms with Gasteiger partial charge in [0.2, 0.25) is 5.91 Å². The maximum absolute atomic E-state index is 12.2. The number of para-hydroxylation sites is 1. The fourth-order valence-corrected chi connectivity index (χ4v) is 2.31. The van der Waals surface area contributed by atoms with Gasteiger partial charge in [0.25, 0.3) is 0 Å². The van der Waals surface area contributed by atoms with E-state index < -0.39 is 0 Å². The summed E-state index contributed by atoms with van der Waals surface area (Å²) in [6, 6.07) is 15.0. The third-order valence-electron chi connectivity index (χ3n) is 3.58. The zero-order chi connectivity index (χ0) is 18.8. The van der Waals surface area contributed by atoms with Crippen molar-refractivity contribution in [3.05, 3.63) is 60.2 Å². The van der Waals surface area contributed by atoms with Gasteiger partial charge in [-0.15, -0.1) is 0 Å². The molecule has 0 bridgehead atoms. The summed E-state index contributed by atoms with van der Waals surface area (Å²) in [4.78, 5) is 12.2. The minimum absolute atomic E-state index is 0.123. The molecule has 0 aliphatic rings. The first-order valence-electron chi connectivity index (χ1n) is 9.06. The summed E-state index contributed by atoms with van der Waals surface area (Å²) in [5.74, 6) is 1.39. The van der Waals surface area contributed by atoms with Crippen molar-refractivity contribution < 1.29 is 14.3 Å². The van der Waals surface area contributed by atoms with Gasteiger partial charge in [0.1, 0.15) is 11.5 Å². The fourth-order valence-electron chi connectivity index (χ4n) is 2.31. The first-order chi connectivity index (χ1) is 12.6. The third-order valence-corrected chi connectivity index (χ3v) is 3.58. The number of carbonyl (C=O) groups excluding carboxylic acids is 1. The second-order valence-electron chi connectivity index (χ2n) is 6.25. The molecule has 0 aliphatic heterocycles. The van der Waals surface area contributed by atoms with Crippen molar-refractivity contribution in [3.8, 4) is 11.5 Å². The lowest BCUT2D eigenvalue weighted by atomic mass is 10.2. The first-order valence-corrected chi connectivity index (χ1v) is 9.06. The number of hydrogen-bond acceptors (Lipinski definition) is 3. The molecule has 0 atom stereocenters. The predicted molar refractivity (Wildman–Crippen MR) is 107 cm³/mol. The first kappa shape index (κ1) is 19.6. The zero-order valence-corrected chi connectivity index (χ0v) is 15.7. The highest BCUT2D eigenvalue weighted by molar-refractivity contribution is 6.02. The molecule has 0 spiro atoms. The van der Waals surface area contributed by atoms with E-state index in [9.17, 15) is 4.79 Å². The van der Waals surface area contributed by atoms with Gasteiger partial charge in [0, 0.05) is 17.3 Å². The van der Waals surface area contributed by atoms with E-state index in [1.807, 2.05) is 62.4 Å². The molecule has 1 amide bonds. The molecular formula is C22H27NO3. The Kier molecular flexibility index (Phi) is 7.75. The number of unbranched alkanes of at least 4 members (excludes halogenated alkanes) is 1. The van der Waals surface area contributed by atoms with Crippen LogP contribution in [0.3, 0.4) is 0 Å². The second kappa shape index (κ2) is 10.3. The number of benzene rings is 2. The van der Waals surface area contributed by atoms with Crippen molar-refractivity contribution >= 4 is 17.7 Å². The van der Waals surface area contributed by atoms with Crippen LogP contribution in [0.5, 0.6) is 11.5 Å². The van der Waals surface area contributed by atoms with Crippen LogP contribution >= 0.6 is 0 Å². The minimum Gasteiger partial charge on any atom is -0.493 e. The molecular weight excluding hydrogens is 326 g/mol. The minimum atomic E-state index is -0.189. The van der Waals surface area contributed by atoms with Crippen LogP contribution in [-0.2, 0) is 4.79 Å². The van der Waals surface area contributed by atoms with Crippen LogP contribution in [0.4, 0.5) is 5.69 Å². The van der Waals surface area contributed by atoms with Crippen molar-refractivity contribution in [1.29, 1.82) is 0 Å². The molecule has 0 heterocycles. The van der Waals surface area contributed by atoms with E-state index in [0.717, 1.165) is 35.6 Å². The monoisotopic (exact) mass is 353 g/mol. The van der Waals surface area contributed by atoms with Gasteiger partial charge in [-0.25, -0.2) is 0 Å². The van der Waals surface area contributed by atoms with Crippen LogP contribution < -0.4 is 14.8 Å². The summed E-state index contributed by atoms with van der Waals surface area (Å²) in [5, 5.41) is 2.84. The molecule has 0 unspecified atom stereocenters. The van der Waals surface area contributed by atoms with Crippen LogP contribution in [-0.4, -0.2) is 18.6 Å². The maximum Gasteiger partial charge on any atom is 0.248 e. The van der Waals surface area contributed by atoms with Gasteiger partial charge >= 0.3 is 0 Å². The van der Waals surface area contributed by atoms with E-state index in [4.69, 9.17) is 9.47 Å². The van der Waals surface area contributed by atoms with Crippen LogP contribution in [0.25, 0.3) is 6.08 Å². The van der Waals surface area contributed by atoms with Gasteiger partial charge < -0.3 is 14.8 Å². The molecule has 2 aromatic carbocycles. The highest BCUT2D eigenvalue weighted by Crippen LogP contribution is 2.20. The van der Waals surface area contributed by atoms with Gasteiger partial charge in [-0.2, -0.15) is 0 Å². The Morgan fingerprint density at radius 2 is 1.85 bits per heavy atom. The van der Waals surface area contributed by atoms with E-state index in [-0.39, 0.29) is 12.0 Å². The van der Waals surface area contributed by atoms with Crippen molar-refractivity contribution in [2.45, 2.75) is 39.7 Å². The zero-order valence-electron chi connectivity index (χ0n) is 15.7. The Labute approximate surface area is 155 Å². The summed E-state index contributed by atoms with van der Waals surface area (Å²) in [6.07, 6.45) is 5.50. The van der Waals surface area contributed by atoms with Crippen molar-refractivity contribution in [2.24, 2.45) is 0 Å². The Balaban J connectivity index is 1.95. The quantitative estimate of drug-likeness (QED) is 0.491. The number of hydrogen-bond donors (Lipinski definition) is 1. The number of anilines is 1. The average Bonchev–Trinajstić information content (AvgIpc) is 2.62. The number of ether oxygens (including phenoxy) is 2. The largest absolute Gasteiger partial charge is 0.493 e. The lowest BCUT2D eigenvalue weighted by Crippen LogP contribution is -2.08. The van der Waals surface area contributed by atoms with Crippen LogP contribution in [0.2, 0.25) is 0 Å². The molecule has 1 N–H and O–H groups in total. The van der Waals surface area contributed by atoms with Gasteiger partial charge in [-0.1, -0.05) is 31.5 Å². The Bertz CT molecular complexity index is 720. The molecule has 0 saturated carbocycles. The molecule has 26 heavy (non-hydrogen) atoms. The lowest BCUT2D eigenvalue weighted by Gasteiger charge is -2.10. The topological polar surface area (TPSA) is 47.6 Å². The molecule has 4 nitrogen and oxygen atoms in total. The van der Waals surface area contributed by atoms with Crippen LogP contribution in [0.1, 0.15) is 39.2 Å². The molecule has 0 radical (unpaired) electrons. The standard InChI is InChI=1S/C22H27NO3/c1-4-5-16-25-21-9-7-6-8-18(21)10-15-22(24)23-19-11-13-20(14-12-19)26-17(2)3/h6-15,17H,4-5,16H2,1-3H3,(H,23,24)/b15-10+. The van der Waals surface area contributed by atoms with Crippen molar-refractivity contribution in [3.63, 3.8) is 0 Å². The molecule has 0 aliphatic carbocycles. The number of carbonyl (C=O) groups is 1. The van der Waals surface area contributed by atoms with E-state index in [1.54, 1.807) is 6.08 Å². The lowest BCUT2D eigenvalue weighted by molar-refractivity contribution is -0.111. The molecule has 0 aromatic heterocycles. The highest BCUT2D eigenvalue weighted by atomic mass is 16.5. The van der Waals surface area contributed by atoms with E-state index in [0.29, 0.717) is 6.61 Å². The van der Waals surface area contributed by atoms with Gasteiger partial charge in [0.05, 0.1) is 12.7 Å². The summed E-state index contributed by atoms with van der Waals surface area (Å²) in [7, 11) is 0. The molecule has 4 heteroatoms. The summed E-state index contributed by atoms with van der Waals surface area (Å²) < 4.78 is 11.4. The second-order valence-corrected chi connectivity index (χ2v) is 6.25. The maximum atomic E-state index is 12.2. The summed E-state index contributed by atoms with van der Waals surface area (Å²) >= 11 is 0. The Hall–Kier alpha value is -2.75. The smallest absolute Gasteiger partial charge is 0.248 e. The van der Waals surface area contributed by atoms with Crippen molar-refractivity contribution in [2.75, 3.05) is 11.9 Å². The normalized spacial score (nSPS) is 10.9. The van der Waals surface area contributed by atoms with Gasteiger partial charge in [-0.05, 0) is 56.7 Å². The molecule has 0 saturated heterocycles. The predicted octanol–water partition coefficient (Wildman–Crippen LogP) is 5.30. The number of rotatable bonds is 9. The number of amides is 1. The van der Waals surface area contributed by atoms with Crippen LogP contribution in [0.15, 0.2) is 54.6 Å². The number of nitrogens with one attached hydrogen (secondary N) is 1. The van der Waals surface area contributed by atoms with Crippen LogP contribution in [0, 0.1) is 0 Å². The van der Waals surface area contributed by atoms with E-state index in [1.165, 1.54) is 6.08 Å². The van der Waals surface area contributed by atoms with Gasteiger partial charge in [-0.3, -0.25) is 4.79 Å². The van der Waals surface area contributed by atoms with Crippen molar-refractivity contribution in [1.82, 2.24) is 0 Å². The highest BCUT2D eigenvalue weighted by Gasteiger charge is 2.03. The Morgan fingerprint density at radius 3 is 2.54 bits per heavy atom. The third kappa shape index (κ3) is 6.63. The molecule has 2 aromatic rings. The van der Waals surface area contributed by atoms with E-state index in [2.05, 4.69) is 12.2 Å². The summed E-state index contributed by atoms with van der Waals surface area (Å²) in [5.41, 5.74) is 1.61. The molecule has 138 valence electrons. The van der Waals surface area contributed by atoms with Gasteiger partial charge in [0.15, 0.2) is 0 Å². The SMILES string of the molecule is CCCCOc1ccccc1/C=C/C(=O)Nc1ccc(OC(C)C)cc1. The average molecular weight is 353 g/mol. The fraction of sp³-hybridized carbons (Fsp3) is 0.318. The Morgan fingerprint density at radius 1 is 1.12 bits per heavy atom.